The van der Waals surface area contributed by atoms with E-state index in [0.29, 0.717) is 12.0 Å². The van der Waals surface area contributed by atoms with Gasteiger partial charge in [-0.1, -0.05) is 18.2 Å². The molecule has 0 aromatic heterocycles. The predicted molar refractivity (Wildman–Crippen MR) is 51.1 cm³/mol. The van der Waals surface area contributed by atoms with Crippen LogP contribution in [0.5, 0.6) is 5.75 Å². The first-order chi connectivity index (χ1) is 6.45. The quantitative estimate of drug-likeness (QED) is 0.645. The molecule has 2 aliphatic rings. The van der Waals surface area contributed by atoms with Crippen LogP contribution in [0.1, 0.15) is 17.9 Å². The van der Waals surface area contributed by atoms with E-state index in [1.54, 1.807) is 0 Å². The Balaban J connectivity index is 2.06. The van der Waals surface area contributed by atoms with E-state index in [1.807, 2.05) is 6.07 Å². The molecule has 2 heterocycles. The normalized spacial score (nSPS) is 30.5. The van der Waals surface area contributed by atoms with Gasteiger partial charge in [0, 0.05) is 12.0 Å². The predicted octanol–water partition coefficient (Wildman–Crippen LogP) is 1.52. The molecule has 1 aromatic carbocycles. The summed E-state index contributed by atoms with van der Waals surface area (Å²) in [5.41, 5.74) is 1.39. The minimum absolute atomic E-state index is 0.551. The first-order valence-electron chi connectivity index (χ1n) is 4.90. The SMILES string of the molecule is c1ccc2c(c1)OCC1NCCC21. The van der Waals surface area contributed by atoms with Gasteiger partial charge in [-0.25, -0.2) is 0 Å². The van der Waals surface area contributed by atoms with Crippen LogP contribution in [-0.4, -0.2) is 19.2 Å². The molecule has 0 amide bonds. The largest absolute Gasteiger partial charge is 0.492 e. The van der Waals surface area contributed by atoms with Gasteiger partial charge in [0.15, 0.2) is 0 Å². The van der Waals surface area contributed by atoms with E-state index in [0.717, 1.165) is 18.9 Å². The van der Waals surface area contributed by atoms with Crippen LogP contribution in [0.25, 0.3) is 0 Å². The zero-order valence-electron chi connectivity index (χ0n) is 7.49. The number of hydrogen-bond donors (Lipinski definition) is 1. The molecule has 13 heavy (non-hydrogen) atoms. The number of hydrogen-bond acceptors (Lipinski definition) is 2. The van der Waals surface area contributed by atoms with Gasteiger partial charge in [-0.15, -0.1) is 0 Å². The van der Waals surface area contributed by atoms with Gasteiger partial charge in [0.1, 0.15) is 12.4 Å². The second-order valence-electron chi connectivity index (χ2n) is 3.80. The molecule has 0 bridgehead atoms. The lowest BCUT2D eigenvalue weighted by molar-refractivity contribution is 0.239. The fourth-order valence-corrected chi connectivity index (χ4v) is 2.41. The summed E-state index contributed by atoms with van der Waals surface area (Å²) in [6.07, 6.45) is 1.25. The average Bonchev–Trinajstić information content (AvgIpc) is 2.65. The van der Waals surface area contributed by atoms with Crippen molar-refractivity contribution >= 4 is 0 Å². The summed E-state index contributed by atoms with van der Waals surface area (Å²) >= 11 is 0. The van der Waals surface area contributed by atoms with Crippen LogP contribution in [-0.2, 0) is 0 Å². The molecule has 2 aliphatic heterocycles. The van der Waals surface area contributed by atoms with E-state index >= 15 is 0 Å². The van der Waals surface area contributed by atoms with Crippen LogP contribution < -0.4 is 10.1 Å². The van der Waals surface area contributed by atoms with Gasteiger partial charge in [-0.05, 0) is 24.6 Å². The summed E-state index contributed by atoms with van der Waals surface area (Å²) in [6.45, 7) is 1.97. The average molecular weight is 175 g/mol. The molecule has 0 spiro atoms. The topological polar surface area (TPSA) is 21.3 Å². The summed E-state index contributed by atoms with van der Waals surface area (Å²) in [7, 11) is 0. The van der Waals surface area contributed by atoms with Crippen molar-refractivity contribution in [3.63, 3.8) is 0 Å². The Kier molecular flexibility index (Phi) is 1.56. The maximum atomic E-state index is 5.67. The first-order valence-corrected chi connectivity index (χ1v) is 4.90. The van der Waals surface area contributed by atoms with Gasteiger partial charge in [0.05, 0.1) is 0 Å². The molecule has 0 radical (unpaired) electrons. The highest BCUT2D eigenvalue weighted by Gasteiger charge is 2.33. The Bertz CT molecular complexity index is 324. The lowest BCUT2D eigenvalue weighted by Gasteiger charge is -2.28. The number of nitrogens with one attached hydrogen (secondary N) is 1. The van der Waals surface area contributed by atoms with Gasteiger partial charge in [0.2, 0.25) is 0 Å². The van der Waals surface area contributed by atoms with Crippen molar-refractivity contribution in [2.24, 2.45) is 0 Å². The standard InChI is InChI=1S/C11H13NO/c1-2-4-11-9(3-1)8-5-6-12-10(8)7-13-11/h1-4,8,10,12H,5-7H2. The Morgan fingerprint density at radius 3 is 3.23 bits per heavy atom. The van der Waals surface area contributed by atoms with Crippen LogP contribution in [0.4, 0.5) is 0 Å². The minimum Gasteiger partial charge on any atom is -0.492 e. The van der Waals surface area contributed by atoms with Gasteiger partial charge in [-0.2, -0.15) is 0 Å². The molecule has 1 N–H and O–H groups in total. The second kappa shape index (κ2) is 2.74. The fourth-order valence-electron chi connectivity index (χ4n) is 2.41. The van der Waals surface area contributed by atoms with Crippen LogP contribution in [0, 0.1) is 0 Å². The summed E-state index contributed by atoms with van der Waals surface area (Å²) in [6, 6.07) is 8.96. The van der Waals surface area contributed by atoms with Crippen molar-refractivity contribution in [2.75, 3.05) is 13.2 Å². The molecule has 0 saturated carbocycles. The molecule has 68 valence electrons. The van der Waals surface area contributed by atoms with Crippen molar-refractivity contribution in [3.05, 3.63) is 29.8 Å². The smallest absolute Gasteiger partial charge is 0.122 e. The van der Waals surface area contributed by atoms with E-state index in [1.165, 1.54) is 12.0 Å². The highest BCUT2D eigenvalue weighted by molar-refractivity contribution is 5.39. The summed E-state index contributed by atoms with van der Waals surface area (Å²) in [5.74, 6) is 1.78. The third-order valence-corrected chi connectivity index (χ3v) is 3.08. The van der Waals surface area contributed by atoms with E-state index in [-0.39, 0.29) is 0 Å². The van der Waals surface area contributed by atoms with Crippen molar-refractivity contribution in [2.45, 2.75) is 18.4 Å². The molecule has 1 aromatic rings. The maximum Gasteiger partial charge on any atom is 0.122 e. The van der Waals surface area contributed by atoms with Crippen molar-refractivity contribution in [1.82, 2.24) is 5.32 Å². The molecular formula is C11H13NO. The number of fused-ring (bicyclic) bond motifs is 3. The molecule has 2 nitrogen and oxygen atoms in total. The molecule has 1 saturated heterocycles. The summed E-state index contributed by atoms with van der Waals surface area (Å²) < 4.78 is 5.67. The van der Waals surface area contributed by atoms with E-state index in [4.69, 9.17) is 4.74 Å². The zero-order valence-corrected chi connectivity index (χ0v) is 7.49. The van der Waals surface area contributed by atoms with Crippen LogP contribution in [0.2, 0.25) is 0 Å². The molecular weight excluding hydrogens is 162 g/mol. The number of ether oxygens (including phenoxy) is 1. The minimum atomic E-state index is 0.551. The van der Waals surface area contributed by atoms with E-state index in [9.17, 15) is 0 Å². The molecule has 0 aliphatic carbocycles. The maximum absolute atomic E-state index is 5.67. The fraction of sp³-hybridized carbons (Fsp3) is 0.455. The first kappa shape index (κ1) is 7.39. The molecule has 2 atom stereocenters. The van der Waals surface area contributed by atoms with Gasteiger partial charge < -0.3 is 10.1 Å². The Morgan fingerprint density at radius 1 is 1.31 bits per heavy atom. The van der Waals surface area contributed by atoms with Gasteiger partial charge in [0.25, 0.3) is 0 Å². The second-order valence-corrected chi connectivity index (χ2v) is 3.80. The highest BCUT2D eigenvalue weighted by atomic mass is 16.5. The van der Waals surface area contributed by atoms with Gasteiger partial charge >= 0.3 is 0 Å². The summed E-state index contributed by atoms with van der Waals surface area (Å²) in [4.78, 5) is 0. The number of benzene rings is 1. The summed E-state index contributed by atoms with van der Waals surface area (Å²) in [5, 5.41) is 3.47. The van der Waals surface area contributed by atoms with Crippen LogP contribution in [0.3, 0.4) is 0 Å². The van der Waals surface area contributed by atoms with Crippen molar-refractivity contribution in [3.8, 4) is 5.75 Å². The van der Waals surface area contributed by atoms with E-state index in [2.05, 4.69) is 23.5 Å². The third kappa shape index (κ3) is 1.05. The molecule has 2 unspecified atom stereocenters. The molecule has 2 heteroatoms. The Morgan fingerprint density at radius 2 is 2.23 bits per heavy atom. The molecule has 1 fully saturated rings. The van der Waals surface area contributed by atoms with Crippen LogP contribution in [0.15, 0.2) is 24.3 Å². The zero-order chi connectivity index (χ0) is 8.67. The van der Waals surface area contributed by atoms with Crippen molar-refractivity contribution < 1.29 is 4.74 Å². The lowest BCUT2D eigenvalue weighted by atomic mass is 9.90. The van der Waals surface area contributed by atoms with Crippen LogP contribution >= 0.6 is 0 Å². The highest BCUT2D eigenvalue weighted by Crippen LogP contribution is 2.37. The Labute approximate surface area is 77.9 Å². The lowest BCUT2D eigenvalue weighted by Crippen LogP contribution is -2.35. The molecule has 3 rings (SSSR count). The monoisotopic (exact) mass is 175 g/mol. The van der Waals surface area contributed by atoms with E-state index < -0.39 is 0 Å². The Hall–Kier alpha value is -1.02. The van der Waals surface area contributed by atoms with Gasteiger partial charge in [-0.3, -0.25) is 0 Å². The number of para-hydroxylation sites is 1. The number of rotatable bonds is 0. The van der Waals surface area contributed by atoms with Crippen molar-refractivity contribution in [1.29, 1.82) is 0 Å². The third-order valence-electron chi connectivity index (χ3n) is 3.08.